The number of nitrogens with one attached hydrogen (secondary N) is 1. The first kappa shape index (κ1) is 8.73. The highest BCUT2D eigenvalue weighted by Gasteiger charge is 2.19. The molecule has 1 heterocycles. The van der Waals surface area contributed by atoms with E-state index in [1.807, 2.05) is 6.07 Å². The zero-order valence-electron chi connectivity index (χ0n) is 7.88. The summed E-state index contributed by atoms with van der Waals surface area (Å²) < 4.78 is 0. The minimum absolute atomic E-state index is 0.139. The van der Waals surface area contributed by atoms with Crippen LogP contribution in [0.2, 0.25) is 0 Å². The zero-order valence-corrected chi connectivity index (χ0v) is 7.88. The average Bonchev–Trinajstić information content (AvgIpc) is 2.06. The largest absolute Gasteiger partial charge is 0.392 e. The van der Waals surface area contributed by atoms with Gasteiger partial charge in [0.05, 0.1) is 6.61 Å². The second-order valence-corrected chi connectivity index (χ2v) is 3.64. The number of hydrogen-bond acceptors (Lipinski definition) is 2. The molecule has 1 aliphatic rings. The molecule has 1 saturated heterocycles. The maximum atomic E-state index is 9.01. The number of aliphatic hydroxyl groups excluding tert-OH is 1. The van der Waals surface area contributed by atoms with Crippen LogP contribution in [-0.4, -0.2) is 11.7 Å². The third-order valence-corrected chi connectivity index (χ3v) is 2.73. The van der Waals surface area contributed by atoms with E-state index in [0.717, 1.165) is 12.1 Å². The van der Waals surface area contributed by atoms with Crippen LogP contribution >= 0.6 is 0 Å². The summed E-state index contributed by atoms with van der Waals surface area (Å²) in [4.78, 5) is 0. The van der Waals surface area contributed by atoms with E-state index in [1.54, 1.807) is 0 Å². The molecule has 1 unspecified atom stereocenters. The standard InChI is InChI=1S/C11H15NO/c1-8-2-3-9(7-13)6-10(8)11-4-5-12-11/h2-3,6,11-13H,4-5,7H2,1H3. The first-order valence-electron chi connectivity index (χ1n) is 4.75. The van der Waals surface area contributed by atoms with Crippen LogP contribution in [0.15, 0.2) is 18.2 Å². The predicted molar refractivity (Wildman–Crippen MR) is 52.5 cm³/mol. The first-order chi connectivity index (χ1) is 6.31. The van der Waals surface area contributed by atoms with E-state index < -0.39 is 0 Å². The minimum Gasteiger partial charge on any atom is -0.392 e. The van der Waals surface area contributed by atoms with Crippen molar-refractivity contribution < 1.29 is 5.11 Å². The molecule has 0 bridgehead atoms. The van der Waals surface area contributed by atoms with E-state index in [2.05, 4.69) is 24.4 Å². The van der Waals surface area contributed by atoms with E-state index in [4.69, 9.17) is 5.11 Å². The van der Waals surface area contributed by atoms with Gasteiger partial charge in [0.1, 0.15) is 0 Å². The van der Waals surface area contributed by atoms with Gasteiger partial charge in [-0.15, -0.1) is 0 Å². The maximum absolute atomic E-state index is 9.01. The molecule has 0 spiro atoms. The normalized spacial score (nSPS) is 21.2. The molecule has 70 valence electrons. The Hall–Kier alpha value is -0.860. The van der Waals surface area contributed by atoms with Gasteiger partial charge in [0.25, 0.3) is 0 Å². The smallest absolute Gasteiger partial charge is 0.0681 e. The van der Waals surface area contributed by atoms with Crippen LogP contribution in [0.1, 0.15) is 29.2 Å². The van der Waals surface area contributed by atoms with Crippen molar-refractivity contribution in [1.29, 1.82) is 0 Å². The molecule has 2 nitrogen and oxygen atoms in total. The Morgan fingerprint density at radius 1 is 1.54 bits per heavy atom. The molecule has 0 aliphatic carbocycles. The van der Waals surface area contributed by atoms with Gasteiger partial charge >= 0.3 is 0 Å². The summed E-state index contributed by atoms with van der Waals surface area (Å²) >= 11 is 0. The SMILES string of the molecule is Cc1ccc(CO)cc1C1CCN1. The number of hydrogen-bond donors (Lipinski definition) is 2. The van der Waals surface area contributed by atoms with Gasteiger partial charge in [0, 0.05) is 6.04 Å². The van der Waals surface area contributed by atoms with Crippen LogP contribution in [0, 0.1) is 6.92 Å². The second kappa shape index (κ2) is 3.48. The van der Waals surface area contributed by atoms with Crippen LogP contribution in [0.4, 0.5) is 0 Å². The monoisotopic (exact) mass is 177 g/mol. The third kappa shape index (κ3) is 1.60. The molecule has 1 aromatic rings. The topological polar surface area (TPSA) is 32.3 Å². The van der Waals surface area contributed by atoms with Crippen molar-refractivity contribution in [3.63, 3.8) is 0 Å². The summed E-state index contributed by atoms with van der Waals surface area (Å²) in [6.45, 7) is 3.38. The number of aryl methyl sites for hydroxylation is 1. The molecule has 1 atom stereocenters. The fraction of sp³-hybridized carbons (Fsp3) is 0.455. The van der Waals surface area contributed by atoms with Crippen molar-refractivity contribution in [2.75, 3.05) is 6.54 Å². The highest BCUT2D eigenvalue weighted by atomic mass is 16.3. The summed E-state index contributed by atoms with van der Waals surface area (Å²) in [7, 11) is 0. The summed E-state index contributed by atoms with van der Waals surface area (Å²) in [6.07, 6.45) is 1.22. The molecule has 0 aromatic heterocycles. The van der Waals surface area contributed by atoms with E-state index in [9.17, 15) is 0 Å². The Balaban J connectivity index is 2.30. The second-order valence-electron chi connectivity index (χ2n) is 3.64. The van der Waals surface area contributed by atoms with E-state index >= 15 is 0 Å². The van der Waals surface area contributed by atoms with E-state index in [1.165, 1.54) is 17.5 Å². The number of aliphatic hydroxyl groups is 1. The van der Waals surface area contributed by atoms with Gasteiger partial charge in [-0.3, -0.25) is 0 Å². The lowest BCUT2D eigenvalue weighted by Gasteiger charge is -2.29. The quantitative estimate of drug-likeness (QED) is 0.718. The lowest BCUT2D eigenvalue weighted by Crippen LogP contribution is -2.35. The van der Waals surface area contributed by atoms with Crippen LogP contribution in [-0.2, 0) is 6.61 Å². The third-order valence-electron chi connectivity index (χ3n) is 2.73. The van der Waals surface area contributed by atoms with Gasteiger partial charge in [-0.25, -0.2) is 0 Å². The molecule has 2 heteroatoms. The van der Waals surface area contributed by atoms with Crippen molar-refractivity contribution in [2.45, 2.75) is 26.0 Å². The van der Waals surface area contributed by atoms with Gasteiger partial charge in [-0.05, 0) is 36.6 Å². The molecule has 0 radical (unpaired) electrons. The van der Waals surface area contributed by atoms with Crippen LogP contribution in [0.5, 0.6) is 0 Å². The van der Waals surface area contributed by atoms with Gasteiger partial charge < -0.3 is 10.4 Å². The van der Waals surface area contributed by atoms with E-state index in [-0.39, 0.29) is 6.61 Å². The van der Waals surface area contributed by atoms with Crippen molar-refractivity contribution in [1.82, 2.24) is 5.32 Å². The van der Waals surface area contributed by atoms with Crippen molar-refractivity contribution >= 4 is 0 Å². The molecule has 1 aromatic carbocycles. The number of benzene rings is 1. The predicted octanol–water partition coefficient (Wildman–Crippen LogP) is 1.52. The Kier molecular flexibility index (Phi) is 2.34. The molecule has 1 fully saturated rings. The molecule has 0 amide bonds. The van der Waals surface area contributed by atoms with Gasteiger partial charge in [0.15, 0.2) is 0 Å². The molecule has 13 heavy (non-hydrogen) atoms. The Labute approximate surface area is 78.6 Å². The van der Waals surface area contributed by atoms with Crippen LogP contribution in [0.25, 0.3) is 0 Å². The van der Waals surface area contributed by atoms with E-state index in [0.29, 0.717) is 6.04 Å². The molecule has 2 N–H and O–H groups in total. The van der Waals surface area contributed by atoms with Crippen molar-refractivity contribution in [3.8, 4) is 0 Å². The Morgan fingerprint density at radius 2 is 2.31 bits per heavy atom. The highest BCUT2D eigenvalue weighted by molar-refractivity contribution is 5.34. The van der Waals surface area contributed by atoms with Crippen molar-refractivity contribution in [2.24, 2.45) is 0 Å². The summed E-state index contributed by atoms with van der Waals surface area (Å²) in [5.74, 6) is 0. The summed E-state index contributed by atoms with van der Waals surface area (Å²) in [5.41, 5.74) is 3.67. The van der Waals surface area contributed by atoms with Crippen LogP contribution < -0.4 is 5.32 Å². The summed E-state index contributed by atoms with van der Waals surface area (Å²) in [5, 5.41) is 12.4. The minimum atomic E-state index is 0.139. The van der Waals surface area contributed by atoms with Crippen LogP contribution in [0.3, 0.4) is 0 Å². The van der Waals surface area contributed by atoms with Gasteiger partial charge in [-0.2, -0.15) is 0 Å². The number of rotatable bonds is 2. The molecule has 2 rings (SSSR count). The summed E-state index contributed by atoms with van der Waals surface area (Å²) in [6, 6.07) is 6.69. The fourth-order valence-corrected chi connectivity index (χ4v) is 1.72. The lowest BCUT2D eigenvalue weighted by atomic mass is 9.93. The Morgan fingerprint density at radius 3 is 2.85 bits per heavy atom. The molecular weight excluding hydrogens is 162 g/mol. The maximum Gasteiger partial charge on any atom is 0.0681 e. The first-order valence-corrected chi connectivity index (χ1v) is 4.75. The molecular formula is C11H15NO. The highest BCUT2D eigenvalue weighted by Crippen LogP contribution is 2.26. The van der Waals surface area contributed by atoms with Crippen molar-refractivity contribution in [3.05, 3.63) is 34.9 Å². The van der Waals surface area contributed by atoms with Gasteiger partial charge in [0.2, 0.25) is 0 Å². The fourth-order valence-electron chi connectivity index (χ4n) is 1.72. The molecule has 0 saturated carbocycles. The molecule has 1 aliphatic heterocycles. The lowest BCUT2D eigenvalue weighted by molar-refractivity contribution is 0.281. The average molecular weight is 177 g/mol. The van der Waals surface area contributed by atoms with Gasteiger partial charge in [-0.1, -0.05) is 18.2 Å². The Bertz CT molecular complexity index is 305. The zero-order chi connectivity index (χ0) is 9.26.